The molecule has 2 N–H and O–H groups in total. The molecule has 0 fully saturated rings. The monoisotopic (exact) mass is 295 g/mol. The predicted molar refractivity (Wildman–Crippen MR) is 67.6 cm³/mol. The fourth-order valence-electron chi connectivity index (χ4n) is 1.78. The Morgan fingerprint density at radius 1 is 1.42 bits per heavy atom. The maximum absolute atomic E-state index is 11.8. The highest BCUT2D eigenvalue weighted by molar-refractivity contribution is 7.17. The lowest BCUT2D eigenvalue weighted by Gasteiger charge is -1.98. The maximum Gasteiger partial charge on any atom is 0.269 e. The van der Waals surface area contributed by atoms with E-state index in [1.807, 2.05) is 11.4 Å². The lowest BCUT2D eigenvalue weighted by Crippen LogP contribution is -3.00. The van der Waals surface area contributed by atoms with Gasteiger partial charge in [0.15, 0.2) is 17.8 Å². The van der Waals surface area contributed by atoms with Crippen LogP contribution in [0.1, 0.15) is 5.82 Å². The number of aromatic amines is 1. The SMILES string of the molecule is O=c1[nH]c(C[n+]2cccc(O)c2)nc2ccsc12.[Cl-]. The third-order valence-corrected chi connectivity index (χ3v) is 3.44. The van der Waals surface area contributed by atoms with Crippen molar-refractivity contribution in [2.45, 2.75) is 6.54 Å². The molecule has 7 heteroatoms. The van der Waals surface area contributed by atoms with Gasteiger partial charge in [0.2, 0.25) is 12.7 Å². The molecule has 0 amide bonds. The number of rotatable bonds is 2. The highest BCUT2D eigenvalue weighted by Gasteiger charge is 2.09. The number of pyridine rings is 1. The van der Waals surface area contributed by atoms with E-state index in [0.29, 0.717) is 22.6 Å². The van der Waals surface area contributed by atoms with Crippen LogP contribution in [0.25, 0.3) is 10.2 Å². The molecule has 0 bridgehead atoms. The van der Waals surface area contributed by atoms with Crippen molar-refractivity contribution < 1.29 is 22.1 Å². The molecular weight excluding hydrogens is 286 g/mol. The van der Waals surface area contributed by atoms with E-state index in [9.17, 15) is 9.90 Å². The van der Waals surface area contributed by atoms with Gasteiger partial charge < -0.3 is 22.5 Å². The van der Waals surface area contributed by atoms with E-state index < -0.39 is 0 Å². The standard InChI is InChI=1S/C12H9N3O2S.ClH/c16-8-2-1-4-15(6-8)7-10-13-9-3-5-18-11(9)12(17)14-10;/h1-6H,7H2,(H-,13,14,16,17);1H. The smallest absolute Gasteiger partial charge is 0.269 e. The van der Waals surface area contributed by atoms with Gasteiger partial charge in [0.05, 0.1) is 5.52 Å². The van der Waals surface area contributed by atoms with Crippen LogP contribution in [0.3, 0.4) is 0 Å². The van der Waals surface area contributed by atoms with Crippen molar-refractivity contribution >= 4 is 21.6 Å². The van der Waals surface area contributed by atoms with Crippen molar-refractivity contribution in [3.05, 3.63) is 52.2 Å². The molecule has 3 aromatic rings. The second-order valence-corrected chi connectivity index (χ2v) is 4.80. The Morgan fingerprint density at radius 3 is 3.05 bits per heavy atom. The molecule has 0 unspecified atom stereocenters. The summed E-state index contributed by atoms with van der Waals surface area (Å²) in [6.45, 7) is 0.412. The Labute approximate surface area is 118 Å². The normalized spacial score (nSPS) is 10.3. The molecule has 0 atom stereocenters. The Kier molecular flexibility index (Phi) is 3.82. The second-order valence-electron chi connectivity index (χ2n) is 3.88. The number of halogens is 1. The zero-order chi connectivity index (χ0) is 12.5. The van der Waals surface area contributed by atoms with Crippen LogP contribution < -0.4 is 22.5 Å². The predicted octanol–water partition coefficient (Wildman–Crippen LogP) is -1.97. The molecule has 0 aromatic carbocycles. The third-order valence-electron chi connectivity index (χ3n) is 2.54. The lowest BCUT2D eigenvalue weighted by molar-refractivity contribution is -0.689. The van der Waals surface area contributed by atoms with Crippen LogP contribution in [0.5, 0.6) is 5.75 Å². The third kappa shape index (κ3) is 2.74. The van der Waals surface area contributed by atoms with Gasteiger partial charge in [-0.3, -0.25) is 4.79 Å². The van der Waals surface area contributed by atoms with Crippen LogP contribution >= 0.6 is 11.3 Å². The average molecular weight is 296 g/mol. The molecule has 0 radical (unpaired) electrons. The Hall–Kier alpha value is -1.92. The van der Waals surface area contributed by atoms with Crippen LogP contribution in [0.15, 0.2) is 40.8 Å². The zero-order valence-electron chi connectivity index (χ0n) is 9.71. The summed E-state index contributed by atoms with van der Waals surface area (Å²) in [5, 5.41) is 11.2. The molecule has 0 aliphatic carbocycles. The van der Waals surface area contributed by atoms with Crippen molar-refractivity contribution in [1.29, 1.82) is 0 Å². The molecule has 0 aliphatic rings. The van der Waals surface area contributed by atoms with Gasteiger partial charge in [0.1, 0.15) is 4.70 Å². The van der Waals surface area contributed by atoms with Crippen molar-refractivity contribution in [3.8, 4) is 5.75 Å². The van der Waals surface area contributed by atoms with E-state index in [-0.39, 0.29) is 23.7 Å². The average Bonchev–Trinajstić information content (AvgIpc) is 2.77. The van der Waals surface area contributed by atoms with Gasteiger partial charge in [0, 0.05) is 6.07 Å². The fourth-order valence-corrected chi connectivity index (χ4v) is 2.50. The van der Waals surface area contributed by atoms with E-state index in [1.165, 1.54) is 11.3 Å². The van der Waals surface area contributed by atoms with Crippen molar-refractivity contribution in [1.82, 2.24) is 9.97 Å². The number of hydrogen-bond acceptors (Lipinski definition) is 4. The van der Waals surface area contributed by atoms with Crippen molar-refractivity contribution in [3.63, 3.8) is 0 Å². The van der Waals surface area contributed by atoms with E-state index in [2.05, 4.69) is 9.97 Å². The van der Waals surface area contributed by atoms with Gasteiger partial charge in [-0.05, 0) is 17.5 Å². The summed E-state index contributed by atoms with van der Waals surface area (Å²) in [6, 6.07) is 5.15. The largest absolute Gasteiger partial charge is 1.00 e. The topological polar surface area (TPSA) is 69.9 Å². The Bertz CT molecular complexity index is 769. The number of nitrogens with zero attached hydrogens (tertiary/aromatic N) is 2. The molecule has 5 nitrogen and oxygen atoms in total. The lowest BCUT2D eigenvalue weighted by atomic mass is 10.4. The number of fused-ring (bicyclic) bond motifs is 1. The molecule has 0 saturated carbocycles. The van der Waals surface area contributed by atoms with Crippen LogP contribution in [0.2, 0.25) is 0 Å². The highest BCUT2D eigenvalue weighted by atomic mass is 35.5. The van der Waals surface area contributed by atoms with Crippen LogP contribution in [0.4, 0.5) is 0 Å². The summed E-state index contributed by atoms with van der Waals surface area (Å²) in [5.74, 6) is 0.748. The maximum atomic E-state index is 11.8. The second kappa shape index (κ2) is 5.38. The highest BCUT2D eigenvalue weighted by Crippen LogP contribution is 2.13. The van der Waals surface area contributed by atoms with Gasteiger partial charge in [-0.25, -0.2) is 4.98 Å². The molecule has 19 heavy (non-hydrogen) atoms. The summed E-state index contributed by atoms with van der Waals surface area (Å²) in [7, 11) is 0. The van der Waals surface area contributed by atoms with Crippen LogP contribution in [0, 0.1) is 0 Å². The summed E-state index contributed by atoms with van der Waals surface area (Å²) >= 11 is 1.38. The number of hydrogen-bond donors (Lipinski definition) is 2. The summed E-state index contributed by atoms with van der Waals surface area (Å²) < 4.78 is 2.39. The Morgan fingerprint density at radius 2 is 2.26 bits per heavy atom. The minimum absolute atomic E-state index is 0. The molecule has 0 saturated heterocycles. The first-order chi connectivity index (χ1) is 8.72. The first-order valence-electron chi connectivity index (χ1n) is 5.37. The summed E-state index contributed by atoms with van der Waals surface area (Å²) in [4.78, 5) is 18.9. The Balaban J connectivity index is 0.00000133. The molecule has 3 heterocycles. The van der Waals surface area contributed by atoms with Crippen LogP contribution in [-0.2, 0) is 6.54 Å². The quantitative estimate of drug-likeness (QED) is 0.539. The molecule has 3 rings (SSSR count). The number of aromatic hydroxyl groups is 1. The van der Waals surface area contributed by atoms with E-state index >= 15 is 0 Å². The summed E-state index contributed by atoms with van der Waals surface area (Å²) in [5.41, 5.74) is 0.588. The van der Waals surface area contributed by atoms with Gasteiger partial charge >= 0.3 is 0 Å². The number of H-pyrrole nitrogens is 1. The van der Waals surface area contributed by atoms with Crippen LogP contribution in [-0.4, -0.2) is 15.1 Å². The fraction of sp³-hybridized carbons (Fsp3) is 0.0833. The number of thiophene rings is 1. The molecule has 3 aromatic heterocycles. The molecule has 0 spiro atoms. The van der Waals surface area contributed by atoms with E-state index in [4.69, 9.17) is 0 Å². The van der Waals surface area contributed by atoms with Crippen molar-refractivity contribution in [2.75, 3.05) is 0 Å². The molecule has 98 valence electrons. The number of aromatic nitrogens is 3. The summed E-state index contributed by atoms with van der Waals surface area (Å²) in [6.07, 6.45) is 3.38. The number of nitrogens with one attached hydrogen (secondary N) is 1. The van der Waals surface area contributed by atoms with Gasteiger partial charge in [-0.15, -0.1) is 11.3 Å². The molecule has 0 aliphatic heterocycles. The van der Waals surface area contributed by atoms with Gasteiger partial charge in [0.25, 0.3) is 5.56 Å². The first kappa shape index (κ1) is 13.5. The van der Waals surface area contributed by atoms with E-state index in [1.54, 1.807) is 29.1 Å². The minimum atomic E-state index is -0.120. The van der Waals surface area contributed by atoms with Crippen molar-refractivity contribution in [2.24, 2.45) is 0 Å². The van der Waals surface area contributed by atoms with Gasteiger partial charge in [-0.2, -0.15) is 4.57 Å². The van der Waals surface area contributed by atoms with E-state index in [0.717, 1.165) is 0 Å². The minimum Gasteiger partial charge on any atom is -1.00 e. The first-order valence-corrected chi connectivity index (χ1v) is 6.25. The zero-order valence-corrected chi connectivity index (χ0v) is 11.3. The van der Waals surface area contributed by atoms with Gasteiger partial charge in [-0.1, -0.05) is 0 Å². The molecular formula is C12H10ClN3O2S.